The van der Waals surface area contributed by atoms with Crippen molar-refractivity contribution in [3.05, 3.63) is 27.4 Å². The first-order valence-corrected chi connectivity index (χ1v) is 5.88. The standard InChI is InChI=1S/C9H11ClN2O3S/c1-6(2-3-13)16-9-5-7(12(14)15)4-8(10)11-9/h4-6,13H,2-3H2,1H3. The minimum atomic E-state index is -0.506. The molecule has 0 fully saturated rings. The number of aliphatic hydroxyl groups excluding tert-OH is 1. The zero-order chi connectivity index (χ0) is 12.1. The first kappa shape index (κ1) is 13.2. The third-order valence-corrected chi connectivity index (χ3v) is 3.11. The molecule has 0 aliphatic heterocycles. The molecule has 0 spiro atoms. The van der Waals surface area contributed by atoms with Gasteiger partial charge in [-0.1, -0.05) is 18.5 Å². The van der Waals surface area contributed by atoms with Crippen LogP contribution in [0.5, 0.6) is 0 Å². The van der Waals surface area contributed by atoms with Crippen LogP contribution in [-0.2, 0) is 0 Å². The molecule has 0 saturated carbocycles. The summed E-state index contributed by atoms with van der Waals surface area (Å²) in [6.45, 7) is 1.99. The summed E-state index contributed by atoms with van der Waals surface area (Å²) in [5.74, 6) is 0. The Morgan fingerprint density at radius 3 is 2.94 bits per heavy atom. The van der Waals surface area contributed by atoms with Crippen LogP contribution in [0.15, 0.2) is 17.2 Å². The van der Waals surface area contributed by atoms with Gasteiger partial charge in [-0.3, -0.25) is 10.1 Å². The van der Waals surface area contributed by atoms with Crippen molar-refractivity contribution in [3.63, 3.8) is 0 Å². The van der Waals surface area contributed by atoms with E-state index in [2.05, 4.69) is 4.98 Å². The Morgan fingerprint density at radius 2 is 2.38 bits per heavy atom. The molecule has 1 aromatic heterocycles. The number of aliphatic hydroxyl groups is 1. The van der Waals surface area contributed by atoms with Gasteiger partial charge in [-0.05, 0) is 6.42 Å². The summed E-state index contributed by atoms with van der Waals surface area (Å²) < 4.78 is 0. The third kappa shape index (κ3) is 3.96. The number of thioether (sulfide) groups is 1. The fourth-order valence-corrected chi connectivity index (χ4v) is 2.30. The molecule has 0 bridgehead atoms. The van der Waals surface area contributed by atoms with Gasteiger partial charge >= 0.3 is 0 Å². The first-order valence-electron chi connectivity index (χ1n) is 4.62. The van der Waals surface area contributed by atoms with E-state index in [1.807, 2.05) is 6.92 Å². The lowest BCUT2D eigenvalue weighted by molar-refractivity contribution is -0.385. The molecule has 5 nitrogen and oxygen atoms in total. The van der Waals surface area contributed by atoms with Gasteiger partial charge in [-0.25, -0.2) is 4.98 Å². The Labute approximate surface area is 102 Å². The molecule has 1 unspecified atom stereocenters. The van der Waals surface area contributed by atoms with E-state index in [1.165, 1.54) is 23.9 Å². The molecule has 0 aromatic carbocycles. The Morgan fingerprint density at radius 1 is 1.69 bits per heavy atom. The highest BCUT2D eigenvalue weighted by molar-refractivity contribution is 7.99. The summed E-state index contributed by atoms with van der Waals surface area (Å²) in [4.78, 5) is 14.1. The number of nitrogens with zero attached hydrogens (tertiary/aromatic N) is 2. The van der Waals surface area contributed by atoms with Gasteiger partial charge in [-0.15, -0.1) is 11.8 Å². The Hall–Kier alpha value is -0.850. The predicted octanol–water partition coefficient (Wildman–Crippen LogP) is 2.51. The second kappa shape index (κ2) is 6.03. The molecule has 0 aliphatic carbocycles. The van der Waals surface area contributed by atoms with Crippen LogP contribution in [0, 0.1) is 10.1 Å². The van der Waals surface area contributed by atoms with Crippen LogP contribution >= 0.6 is 23.4 Å². The van der Waals surface area contributed by atoms with Crippen LogP contribution in [0.2, 0.25) is 5.15 Å². The largest absolute Gasteiger partial charge is 0.396 e. The molecule has 0 saturated heterocycles. The normalized spacial score (nSPS) is 12.4. The van der Waals surface area contributed by atoms with Crippen molar-refractivity contribution in [1.29, 1.82) is 0 Å². The smallest absolute Gasteiger partial charge is 0.275 e. The highest BCUT2D eigenvalue weighted by Gasteiger charge is 2.12. The lowest BCUT2D eigenvalue weighted by Crippen LogP contribution is -2.00. The summed E-state index contributed by atoms with van der Waals surface area (Å²) in [7, 11) is 0. The van der Waals surface area contributed by atoms with Gasteiger partial charge in [0.05, 0.1) is 11.0 Å². The third-order valence-electron chi connectivity index (χ3n) is 1.82. The molecule has 1 N–H and O–H groups in total. The Balaban J connectivity index is 2.84. The number of halogens is 1. The second-order valence-corrected chi connectivity index (χ2v) is 5.03. The zero-order valence-electron chi connectivity index (χ0n) is 8.59. The summed E-state index contributed by atoms with van der Waals surface area (Å²) >= 11 is 7.03. The highest BCUT2D eigenvalue weighted by Crippen LogP contribution is 2.28. The maximum Gasteiger partial charge on any atom is 0.275 e. The molecular weight excluding hydrogens is 252 g/mol. The summed E-state index contributed by atoms with van der Waals surface area (Å²) in [5, 5.41) is 20.1. The fraction of sp³-hybridized carbons (Fsp3) is 0.444. The number of pyridine rings is 1. The van der Waals surface area contributed by atoms with Gasteiger partial charge in [0.25, 0.3) is 5.69 Å². The number of nitro groups is 1. The lowest BCUT2D eigenvalue weighted by Gasteiger charge is -2.08. The number of hydrogen-bond donors (Lipinski definition) is 1. The SMILES string of the molecule is CC(CCO)Sc1cc([N+](=O)[O-])cc(Cl)n1. The molecule has 16 heavy (non-hydrogen) atoms. The fourth-order valence-electron chi connectivity index (χ4n) is 1.07. The average Bonchev–Trinajstić information content (AvgIpc) is 2.16. The molecule has 1 atom stereocenters. The Kier molecular flexibility index (Phi) is 4.98. The van der Waals surface area contributed by atoms with Crippen molar-refractivity contribution in [1.82, 2.24) is 4.98 Å². The second-order valence-electron chi connectivity index (χ2n) is 3.18. The lowest BCUT2D eigenvalue weighted by atomic mass is 10.3. The molecule has 1 aromatic rings. The van der Waals surface area contributed by atoms with Gasteiger partial charge in [0, 0.05) is 17.9 Å². The van der Waals surface area contributed by atoms with E-state index in [0.717, 1.165) is 0 Å². The van der Waals surface area contributed by atoms with E-state index in [0.29, 0.717) is 11.4 Å². The van der Waals surface area contributed by atoms with E-state index >= 15 is 0 Å². The van der Waals surface area contributed by atoms with E-state index in [-0.39, 0.29) is 22.7 Å². The van der Waals surface area contributed by atoms with Crippen LogP contribution in [0.3, 0.4) is 0 Å². The van der Waals surface area contributed by atoms with Crippen molar-refractivity contribution < 1.29 is 10.0 Å². The van der Waals surface area contributed by atoms with Crippen molar-refractivity contribution >= 4 is 29.1 Å². The molecule has 0 aliphatic rings. The zero-order valence-corrected chi connectivity index (χ0v) is 10.2. The Bertz CT molecular complexity index is 389. The first-order chi connectivity index (χ1) is 7.52. The van der Waals surface area contributed by atoms with Crippen LogP contribution in [0.4, 0.5) is 5.69 Å². The van der Waals surface area contributed by atoms with Crippen molar-refractivity contribution in [2.75, 3.05) is 6.61 Å². The minimum Gasteiger partial charge on any atom is -0.396 e. The van der Waals surface area contributed by atoms with E-state index in [9.17, 15) is 10.1 Å². The van der Waals surface area contributed by atoms with Gasteiger partial charge in [0.15, 0.2) is 0 Å². The minimum absolute atomic E-state index is 0.0706. The monoisotopic (exact) mass is 262 g/mol. The van der Waals surface area contributed by atoms with Crippen molar-refractivity contribution in [2.45, 2.75) is 23.6 Å². The van der Waals surface area contributed by atoms with E-state index in [1.54, 1.807) is 0 Å². The van der Waals surface area contributed by atoms with Gasteiger partial charge < -0.3 is 5.11 Å². The molecule has 88 valence electrons. The average molecular weight is 263 g/mol. The molecule has 1 heterocycles. The highest BCUT2D eigenvalue weighted by atomic mass is 35.5. The topological polar surface area (TPSA) is 76.3 Å². The van der Waals surface area contributed by atoms with Gasteiger partial charge in [0.1, 0.15) is 10.2 Å². The maximum atomic E-state index is 10.6. The van der Waals surface area contributed by atoms with Gasteiger partial charge in [0.2, 0.25) is 0 Å². The molecular formula is C9H11ClN2O3S. The van der Waals surface area contributed by atoms with Gasteiger partial charge in [-0.2, -0.15) is 0 Å². The van der Waals surface area contributed by atoms with Crippen LogP contribution in [-0.4, -0.2) is 26.9 Å². The molecule has 1 rings (SSSR count). The summed E-state index contributed by atoms with van der Waals surface area (Å²) in [6, 6.07) is 2.59. The predicted molar refractivity (Wildman–Crippen MR) is 62.9 cm³/mol. The van der Waals surface area contributed by atoms with E-state index in [4.69, 9.17) is 16.7 Å². The summed E-state index contributed by atoms with van der Waals surface area (Å²) in [6.07, 6.45) is 0.604. The van der Waals surface area contributed by atoms with Crippen LogP contribution in [0.1, 0.15) is 13.3 Å². The van der Waals surface area contributed by atoms with Crippen LogP contribution < -0.4 is 0 Å². The van der Waals surface area contributed by atoms with Crippen molar-refractivity contribution in [2.24, 2.45) is 0 Å². The number of aromatic nitrogens is 1. The maximum absolute atomic E-state index is 10.6. The van der Waals surface area contributed by atoms with Crippen molar-refractivity contribution in [3.8, 4) is 0 Å². The van der Waals surface area contributed by atoms with Crippen LogP contribution in [0.25, 0.3) is 0 Å². The molecule has 7 heteroatoms. The van der Waals surface area contributed by atoms with E-state index < -0.39 is 4.92 Å². The summed E-state index contributed by atoms with van der Waals surface area (Å²) in [5.41, 5.74) is -0.0706. The quantitative estimate of drug-likeness (QED) is 0.382. The number of hydrogen-bond acceptors (Lipinski definition) is 5. The molecule has 0 amide bonds. The number of rotatable bonds is 5. The molecule has 0 radical (unpaired) electrons.